The van der Waals surface area contributed by atoms with Crippen molar-refractivity contribution in [2.45, 2.75) is 40.2 Å². The van der Waals surface area contributed by atoms with Crippen LogP contribution in [0.4, 0.5) is 0 Å². The fourth-order valence-electron chi connectivity index (χ4n) is 1.63. The van der Waals surface area contributed by atoms with Gasteiger partial charge in [-0.25, -0.2) is 0 Å². The van der Waals surface area contributed by atoms with E-state index in [4.69, 9.17) is 4.74 Å². The molecule has 0 bridgehead atoms. The highest BCUT2D eigenvalue weighted by Crippen LogP contribution is 2.19. The monoisotopic (exact) mass is 263 g/mol. The first kappa shape index (κ1) is 15.2. The minimum Gasteiger partial charge on any atom is -0.484 e. The average Bonchev–Trinajstić information content (AvgIpc) is 2.24. The van der Waals surface area contributed by atoms with Crippen molar-refractivity contribution in [3.63, 3.8) is 0 Å². The van der Waals surface area contributed by atoms with Gasteiger partial charge in [0.15, 0.2) is 12.4 Å². The lowest BCUT2D eigenvalue weighted by molar-refractivity contribution is -0.124. The SMILES string of the molecule is CC(=O)c1ccc(OCC(=O)NC(C)(C)C)c(C)c1. The molecule has 0 aliphatic carbocycles. The second kappa shape index (κ2) is 5.87. The van der Waals surface area contributed by atoms with Crippen molar-refractivity contribution in [3.05, 3.63) is 29.3 Å². The summed E-state index contributed by atoms with van der Waals surface area (Å²) in [5, 5.41) is 2.82. The summed E-state index contributed by atoms with van der Waals surface area (Å²) in [6.45, 7) is 9.08. The van der Waals surface area contributed by atoms with Crippen molar-refractivity contribution in [2.75, 3.05) is 6.61 Å². The van der Waals surface area contributed by atoms with Gasteiger partial charge in [-0.05, 0) is 58.4 Å². The number of carbonyl (C=O) groups is 2. The maximum absolute atomic E-state index is 11.6. The molecule has 0 unspecified atom stereocenters. The first-order valence-corrected chi connectivity index (χ1v) is 6.24. The topological polar surface area (TPSA) is 55.4 Å². The number of amides is 1. The zero-order chi connectivity index (χ0) is 14.6. The normalized spacial score (nSPS) is 11.0. The van der Waals surface area contributed by atoms with Crippen LogP contribution in [0.5, 0.6) is 5.75 Å². The Morgan fingerprint density at radius 2 is 1.89 bits per heavy atom. The van der Waals surface area contributed by atoms with Gasteiger partial charge >= 0.3 is 0 Å². The molecule has 0 heterocycles. The van der Waals surface area contributed by atoms with E-state index in [1.165, 1.54) is 6.92 Å². The van der Waals surface area contributed by atoms with Crippen LogP contribution in [0, 0.1) is 6.92 Å². The summed E-state index contributed by atoms with van der Waals surface area (Å²) in [5.41, 5.74) is 1.22. The van der Waals surface area contributed by atoms with Crippen molar-refractivity contribution in [2.24, 2.45) is 0 Å². The van der Waals surface area contributed by atoms with Gasteiger partial charge < -0.3 is 10.1 Å². The van der Waals surface area contributed by atoms with Gasteiger partial charge in [0.2, 0.25) is 0 Å². The quantitative estimate of drug-likeness (QED) is 0.849. The Morgan fingerprint density at radius 1 is 1.26 bits per heavy atom. The van der Waals surface area contributed by atoms with Crippen molar-refractivity contribution in [3.8, 4) is 5.75 Å². The number of rotatable bonds is 4. The molecular weight excluding hydrogens is 242 g/mol. The molecule has 1 aromatic carbocycles. The van der Waals surface area contributed by atoms with Crippen molar-refractivity contribution < 1.29 is 14.3 Å². The second-order valence-corrected chi connectivity index (χ2v) is 5.62. The average molecular weight is 263 g/mol. The number of hydrogen-bond acceptors (Lipinski definition) is 3. The number of benzene rings is 1. The Bertz CT molecular complexity index is 487. The van der Waals surface area contributed by atoms with Crippen molar-refractivity contribution in [1.82, 2.24) is 5.32 Å². The zero-order valence-electron chi connectivity index (χ0n) is 12.2. The maximum Gasteiger partial charge on any atom is 0.258 e. The molecule has 4 nitrogen and oxygen atoms in total. The van der Waals surface area contributed by atoms with Gasteiger partial charge in [0.25, 0.3) is 5.91 Å². The summed E-state index contributed by atoms with van der Waals surface area (Å²) in [5.74, 6) is 0.469. The van der Waals surface area contributed by atoms with Crippen LogP contribution in [-0.4, -0.2) is 23.8 Å². The lowest BCUT2D eigenvalue weighted by atomic mass is 10.1. The van der Waals surface area contributed by atoms with Crippen LogP contribution in [0.2, 0.25) is 0 Å². The second-order valence-electron chi connectivity index (χ2n) is 5.62. The van der Waals surface area contributed by atoms with Gasteiger partial charge in [0.05, 0.1) is 0 Å². The van der Waals surface area contributed by atoms with E-state index >= 15 is 0 Å². The van der Waals surface area contributed by atoms with E-state index in [1.807, 2.05) is 27.7 Å². The summed E-state index contributed by atoms with van der Waals surface area (Å²) in [7, 11) is 0. The first-order chi connectivity index (χ1) is 8.69. The highest BCUT2D eigenvalue weighted by Gasteiger charge is 2.14. The Labute approximate surface area is 114 Å². The molecule has 0 saturated heterocycles. The summed E-state index contributed by atoms with van der Waals surface area (Å²) in [6, 6.07) is 5.18. The fourth-order valence-corrected chi connectivity index (χ4v) is 1.63. The number of nitrogens with one attached hydrogen (secondary N) is 1. The van der Waals surface area contributed by atoms with E-state index in [9.17, 15) is 9.59 Å². The summed E-state index contributed by atoms with van der Waals surface area (Å²) in [4.78, 5) is 22.9. The largest absolute Gasteiger partial charge is 0.484 e. The molecule has 0 spiro atoms. The number of ether oxygens (including phenoxy) is 1. The third kappa shape index (κ3) is 5.12. The number of ketones is 1. The van der Waals surface area contributed by atoms with E-state index in [-0.39, 0.29) is 23.8 Å². The van der Waals surface area contributed by atoms with Gasteiger partial charge in [-0.3, -0.25) is 9.59 Å². The highest BCUT2D eigenvalue weighted by atomic mass is 16.5. The van der Waals surface area contributed by atoms with Crippen LogP contribution in [0.1, 0.15) is 43.6 Å². The molecule has 104 valence electrons. The maximum atomic E-state index is 11.6. The van der Waals surface area contributed by atoms with E-state index in [1.54, 1.807) is 18.2 Å². The Hall–Kier alpha value is -1.84. The first-order valence-electron chi connectivity index (χ1n) is 6.24. The van der Waals surface area contributed by atoms with E-state index in [0.717, 1.165) is 5.56 Å². The Balaban J connectivity index is 2.64. The number of carbonyl (C=O) groups excluding carboxylic acids is 2. The molecule has 0 aromatic heterocycles. The minimum absolute atomic E-state index is 0.0140. The summed E-state index contributed by atoms with van der Waals surface area (Å²) in [6.07, 6.45) is 0. The van der Waals surface area contributed by atoms with Gasteiger partial charge in [0, 0.05) is 11.1 Å². The van der Waals surface area contributed by atoms with Crippen LogP contribution >= 0.6 is 0 Å². The van der Waals surface area contributed by atoms with Crippen LogP contribution in [-0.2, 0) is 4.79 Å². The molecule has 1 rings (SSSR count). The minimum atomic E-state index is -0.270. The number of hydrogen-bond donors (Lipinski definition) is 1. The Morgan fingerprint density at radius 3 is 2.37 bits per heavy atom. The highest BCUT2D eigenvalue weighted by molar-refractivity contribution is 5.94. The molecule has 1 N–H and O–H groups in total. The van der Waals surface area contributed by atoms with Crippen LogP contribution in [0.3, 0.4) is 0 Å². The van der Waals surface area contributed by atoms with Crippen molar-refractivity contribution in [1.29, 1.82) is 0 Å². The van der Waals surface area contributed by atoms with Gasteiger partial charge in [0.1, 0.15) is 5.75 Å². The molecule has 0 aliphatic heterocycles. The number of Topliss-reactive ketones (excluding diaryl/α,β-unsaturated/α-hetero) is 1. The van der Waals surface area contributed by atoms with E-state index in [0.29, 0.717) is 11.3 Å². The number of aryl methyl sites for hydroxylation is 1. The van der Waals surface area contributed by atoms with Crippen molar-refractivity contribution >= 4 is 11.7 Å². The summed E-state index contributed by atoms with van der Waals surface area (Å²) >= 11 is 0. The van der Waals surface area contributed by atoms with Crippen LogP contribution in [0.15, 0.2) is 18.2 Å². The predicted molar refractivity (Wildman–Crippen MR) is 74.6 cm³/mol. The summed E-state index contributed by atoms with van der Waals surface area (Å²) < 4.78 is 5.46. The lowest BCUT2D eigenvalue weighted by Gasteiger charge is -2.20. The molecule has 0 fully saturated rings. The third-order valence-corrected chi connectivity index (χ3v) is 2.45. The van der Waals surface area contributed by atoms with E-state index in [2.05, 4.69) is 5.32 Å². The van der Waals surface area contributed by atoms with Gasteiger partial charge in [-0.2, -0.15) is 0 Å². The third-order valence-electron chi connectivity index (χ3n) is 2.45. The molecule has 4 heteroatoms. The smallest absolute Gasteiger partial charge is 0.258 e. The van der Waals surface area contributed by atoms with E-state index < -0.39 is 0 Å². The molecule has 0 atom stereocenters. The van der Waals surface area contributed by atoms with Crippen LogP contribution in [0.25, 0.3) is 0 Å². The standard InChI is InChI=1S/C15H21NO3/c1-10-8-12(11(2)17)6-7-13(10)19-9-14(18)16-15(3,4)5/h6-8H,9H2,1-5H3,(H,16,18). The van der Waals surface area contributed by atoms with Gasteiger partial charge in [-0.1, -0.05) is 0 Å². The Kier molecular flexibility index (Phi) is 4.70. The molecule has 1 aromatic rings. The molecule has 19 heavy (non-hydrogen) atoms. The predicted octanol–water partition coefficient (Wildman–Crippen LogP) is 2.49. The molecule has 0 saturated carbocycles. The fraction of sp³-hybridized carbons (Fsp3) is 0.467. The molecule has 1 amide bonds. The zero-order valence-corrected chi connectivity index (χ0v) is 12.2. The lowest BCUT2D eigenvalue weighted by Crippen LogP contribution is -2.43. The molecular formula is C15H21NO3. The molecule has 0 aliphatic rings. The van der Waals surface area contributed by atoms with Crippen LogP contribution < -0.4 is 10.1 Å². The molecule has 0 radical (unpaired) electrons. The van der Waals surface area contributed by atoms with Gasteiger partial charge in [-0.15, -0.1) is 0 Å².